The Morgan fingerprint density at radius 3 is 2.28 bits per heavy atom. The first-order valence-electron chi connectivity index (χ1n) is 23.6. The van der Waals surface area contributed by atoms with Gasteiger partial charge in [0.15, 0.2) is 12.6 Å². The van der Waals surface area contributed by atoms with Gasteiger partial charge in [-0.3, -0.25) is 4.79 Å². The van der Waals surface area contributed by atoms with E-state index in [9.17, 15) is 35.4 Å². The van der Waals surface area contributed by atoms with Crippen LogP contribution in [-0.4, -0.2) is 142 Å². The SMILES string of the molecule is C[C@@H]1O[C@@H](O[C@H]2[C@H](O[C@H]3CC[C@@]4(C)[C@@H](CC[C@]5(C)[C@@H]4CC=C4[C@@H]6CC(C)(C)CC[C@]6(C(=O)NCCN6CCCC6)CC[C@]45C)[C@]3(C)CO)OC[C@H](O)[C@@H]2O)[C@H](O)[C@H](O)[C@H]1O. The molecule has 7 N–H and O–H groups in total. The molecule has 18 atom stereocenters. The summed E-state index contributed by atoms with van der Waals surface area (Å²) in [7, 11) is 0. The van der Waals surface area contributed by atoms with Crippen LogP contribution in [0.1, 0.15) is 126 Å². The number of rotatable bonds is 9. The number of hydrogen-bond acceptors (Lipinski definition) is 12. The highest BCUT2D eigenvalue weighted by atomic mass is 16.8. The van der Waals surface area contributed by atoms with Crippen molar-refractivity contribution in [2.24, 2.45) is 50.2 Å². The van der Waals surface area contributed by atoms with Gasteiger partial charge < -0.3 is 59.8 Å². The number of nitrogens with one attached hydrogen (secondary N) is 1. The highest BCUT2D eigenvalue weighted by molar-refractivity contribution is 5.84. The van der Waals surface area contributed by atoms with Gasteiger partial charge in [-0.25, -0.2) is 0 Å². The lowest BCUT2D eigenvalue weighted by atomic mass is 9.33. The van der Waals surface area contributed by atoms with Crippen molar-refractivity contribution in [2.75, 3.05) is 39.4 Å². The van der Waals surface area contributed by atoms with E-state index in [1.165, 1.54) is 18.4 Å². The second-order valence-electron chi connectivity index (χ2n) is 22.5. The minimum Gasteiger partial charge on any atom is -0.396 e. The maximum atomic E-state index is 14.5. The van der Waals surface area contributed by atoms with E-state index in [4.69, 9.17) is 18.9 Å². The molecule has 342 valence electrons. The second-order valence-corrected chi connectivity index (χ2v) is 22.5. The summed E-state index contributed by atoms with van der Waals surface area (Å²) in [6.07, 6.45) is 1.97. The van der Waals surface area contributed by atoms with Gasteiger partial charge in [-0.1, -0.05) is 53.2 Å². The normalized spacial score (nSPS) is 51.7. The molecule has 3 saturated heterocycles. The van der Waals surface area contributed by atoms with E-state index in [0.29, 0.717) is 12.3 Å². The Labute approximate surface area is 357 Å². The summed E-state index contributed by atoms with van der Waals surface area (Å²) in [6, 6.07) is 0. The van der Waals surface area contributed by atoms with Crippen LogP contribution >= 0.6 is 0 Å². The second kappa shape index (κ2) is 16.3. The van der Waals surface area contributed by atoms with Crippen LogP contribution in [-0.2, 0) is 23.7 Å². The molecule has 0 aromatic rings. The number of aliphatic hydroxyl groups excluding tert-OH is 6. The van der Waals surface area contributed by atoms with Crippen molar-refractivity contribution in [3.05, 3.63) is 11.6 Å². The van der Waals surface area contributed by atoms with Gasteiger partial charge in [0.1, 0.15) is 36.6 Å². The molecule has 7 fully saturated rings. The maximum Gasteiger partial charge on any atom is 0.226 e. The van der Waals surface area contributed by atoms with Crippen LogP contribution in [0.5, 0.6) is 0 Å². The molecule has 0 radical (unpaired) electrons. The molecule has 5 aliphatic carbocycles. The highest BCUT2D eigenvalue weighted by Gasteiger charge is 2.70. The van der Waals surface area contributed by atoms with Gasteiger partial charge in [0, 0.05) is 18.5 Å². The van der Waals surface area contributed by atoms with Gasteiger partial charge >= 0.3 is 0 Å². The quantitative estimate of drug-likeness (QED) is 0.132. The number of fused-ring (bicyclic) bond motifs is 7. The van der Waals surface area contributed by atoms with E-state index in [1.807, 2.05) is 0 Å². The van der Waals surface area contributed by atoms with Gasteiger partial charge in [0.2, 0.25) is 5.91 Å². The van der Waals surface area contributed by atoms with Crippen molar-refractivity contribution in [1.29, 1.82) is 0 Å². The number of likely N-dealkylation sites (tertiary alicyclic amines) is 1. The molecule has 8 rings (SSSR count). The lowest BCUT2D eigenvalue weighted by Crippen LogP contribution is -2.67. The van der Waals surface area contributed by atoms with Crippen LogP contribution in [0.4, 0.5) is 0 Å². The van der Waals surface area contributed by atoms with E-state index < -0.39 is 66.8 Å². The zero-order valence-corrected chi connectivity index (χ0v) is 37.5. The molecule has 3 aliphatic heterocycles. The topological polar surface area (TPSA) is 191 Å². The standard InChI is InChI=1S/C47H78N2O11/c1-27-34(52)36(54)37(55)39(58-27)60-38-35(53)30(51)25-57-40(38)59-33-13-14-43(4)31(44(33,5)26-50)12-15-46(7)32(43)11-10-28-29-24-42(2,3)16-18-47(29,19-17-45(28,46)6)41(56)48-20-23-49-21-8-9-22-49/h10,27,29-40,50-55H,8-9,11-26H2,1-7H3,(H,48,56)/t27-,29-,30-,31+,32+,33-,34-,35-,36+,37+,38+,39-,40-,43-,44-,45+,46+,47-/m0/s1. The lowest BCUT2D eigenvalue weighted by Gasteiger charge is -2.71. The zero-order valence-electron chi connectivity index (χ0n) is 37.5. The predicted molar refractivity (Wildman–Crippen MR) is 223 cm³/mol. The summed E-state index contributed by atoms with van der Waals surface area (Å²) in [4.78, 5) is 17.0. The fourth-order valence-corrected chi connectivity index (χ4v) is 14.9. The van der Waals surface area contributed by atoms with E-state index in [-0.39, 0.29) is 58.0 Å². The number of hydrogen-bond donors (Lipinski definition) is 7. The molecule has 13 heteroatoms. The zero-order chi connectivity index (χ0) is 43.2. The monoisotopic (exact) mass is 847 g/mol. The number of amides is 1. The van der Waals surface area contributed by atoms with Crippen molar-refractivity contribution in [2.45, 2.75) is 187 Å². The fraction of sp³-hybridized carbons (Fsp3) is 0.936. The van der Waals surface area contributed by atoms with Crippen LogP contribution in [0.25, 0.3) is 0 Å². The first kappa shape index (κ1) is 45.3. The molecule has 0 aromatic carbocycles. The summed E-state index contributed by atoms with van der Waals surface area (Å²) in [5, 5.41) is 68.2. The lowest BCUT2D eigenvalue weighted by molar-refractivity contribution is -0.365. The molecule has 0 unspecified atom stereocenters. The maximum absolute atomic E-state index is 14.5. The molecule has 13 nitrogen and oxygen atoms in total. The van der Waals surface area contributed by atoms with Crippen molar-refractivity contribution in [1.82, 2.24) is 10.2 Å². The van der Waals surface area contributed by atoms with Gasteiger partial charge in [-0.2, -0.15) is 0 Å². The Hall–Kier alpha value is -1.23. The van der Waals surface area contributed by atoms with Gasteiger partial charge in [0.05, 0.1) is 30.8 Å². The van der Waals surface area contributed by atoms with Crippen molar-refractivity contribution >= 4 is 5.91 Å². The van der Waals surface area contributed by atoms with Crippen LogP contribution in [0, 0.1) is 50.2 Å². The summed E-state index contributed by atoms with van der Waals surface area (Å²) in [5.41, 5.74) is 0.471. The van der Waals surface area contributed by atoms with E-state index in [2.05, 4.69) is 57.8 Å². The van der Waals surface area contributed by atoms with Gasteiger partial charge in [-0.15, -0.1) is 0 Å². The number of carbonyl (C=O) groups excluding carboxylic acids is 1. The molecule has 0 aromatic heterocycles. The molecule has 0 spiro atoms. The summed E-state index contributed by atoms with van der Waals surface area (Å²) < 4.78 is 24.5. The van der Waals surface area contributed by atoms with Crippen molar-refractivity contribution in [3.8, 4) is 0 Å². The third kappa shape index (κ3) is 7.18. The fourth-order valence-electron chi connectivity index (χ4n) is 14.9. The summed E-state index contributed by atoms with van der Waals surface area (Å²) in [5.74, 6) is 0.964. The smallest absolute Gasteiger partial charge is 0.226 e. The molecule has 0 bridgehead atoms. The molecule has 4 saturated carbocycles. The molecule has 60 heavy (non-hydrogen) atoms. The van der Waals surface area contributed by atoms with Crippen LogP contribution in [0.3, 0.4) is 0 Å². The van der Waals surface area contributed by atoms with E-state index in [1.54, 1.807) is 6.92 Å². The third-order valence-corrected chi connectivity index (χ3v) is 18.9. The Morgan fingerprint density at radius 2 is 1.57 bits per heavy atom. The van der Waals surface area contributed by atoms with Gasteiger partial charge in [-0.05, 0) is 136 Å². The average molecular weight is 847 g/mol. The summed E-state index contributed by atoms with van der Waals surface area (Å²) >= 11 is 0. The number of carbonyl (C=O) groups is 1. The first-order valence-corrected chi connectivity index (χ1v) is 23.6. The van der Waals surface area contributed by atoms with Crippen molar-refractivity contribution in [3.63, 3.8) is 0 Å². The van der Waals surface area contributed by atoms with E-state index >= 15 is 0 Å². The largest absolute Gasteiger partial charge is 0.396 e. The number of nitrogens with zero attached hydrogens (tertiary/aromatic N) is 1. The summed E-state index contributed by atoms with van der Waals surface area (Å²) in [6.45, 7) is 19.6. The minimum atomic E-state index is -1.61. The Bertz CT molecular complexity index is 1610. The Morgan fingerprint density at radius 1 is 0.850 bits per heavy atom. The number of allylic oxidation sites excluding steroid dienone is 2. The molecular formula is C47H78N2O11. The van der Waals surface area contributed by atoms with Crippen LogP contribution in [0.2, 0.25) is 0 Å². The third-order valence-electron chi connectivity index (χ3n) is 18.9. The minimum absolute atomic E-state index is 0.00581. The van der Waals surface area contributed by atoms with Crippen molar-refractivity contribution < 1.29 is 54.4 Å². The number of ether oxygens (including phenoxy) is 4. The number of aliphatic hydroxyl groups is 6. The van der Waals surface area contributed by atoms with E-state index in [0.717, 1.165) is 84.0 Å². The first-order chi connectivity index (χ1) is 28.2. The van der Waals surface area contributed by atoms with Crippen LogP contribution < -0.4 is 5.32 Å². The molecule has 1 amide bonds. The molecular weight excluding hydrogens is 769 g/mol. The molecule has 8 aliphatic rings. The predicted octanol–water partition coefficient (Wildman–Crippen LogP) is 3.65. The average Bonchev–Trinajstić information content (AvgIpc) is 3.73. The van der Waals surface area contributed by atoms with Crippen LogP contribution in [0.15, 0.2) is 11.6 Å². The highest BCUT2D eigenvalue weighted by Crippen LogP contribution is 2.76. The van der Waals surface area contributed by atoms with Gasteiger partial charge in [0.25, 0.3) is 0 Å². The molecule has 3 heterocycles. The Kier molecular flexibility index (Phi) is 12.3. The Balaban J connectivity index is 1.03.